The summed E-state index contributed by atoms with van der Waals surface area (Å²) >= 11 is 0. The molecule has 0 spiro atoms. The van der Waals surface area contributed by atoms with Crippen LogP contribution >= 0.6 is 0 Å². The molecule has 1 atom stereocenters. The van der Waals surface area contributed by atoms with E-state index in [2.05, 4.69) is 33.0 Å². The van der Waals surface area contributed by atoms with Crippen LogP contribution in [0.2, 0.25) is 0 Å². The molecule has 2 amide bonds. The third-order valence-corrected chi connectivity index (χ3v) is 2.86. The van der Waals surface area contributed by atoms with Gasteiger partial charge in [-0.15, -0.1) is 0 Å². The molecule has 1 rings (SSSR count). The van der Waals surface area contributed by atoms with Crippen LogP contribution in [-0.2, 0) is 9.59 Å². The molecule has 4 heteroatoms. The highest BCUT2D eigenvalue weighted by atomic mass is 16.2. The van der Waals surface area contributed by atoms with Gasteiger partial charge in [0.25, 0.3) is 0 Å². The fourth-order valence-electron chi connectivity index (χ4n) is 2.01. The van der Waals surface area contributed by atoms with Gasteiger partial charge in [0.2, 0.25) is 11.8 Å². The van der Waals surface area contributed by atoms with E-state index in [-0.39, 0.29) is 17.7 Å². The summed E-state index contributed by atoms with van der Waals surface area (Å²) < 4.78 is 0. The second-order valence-corrected chi connectivity index (χ2v) is 5.73. The van der Waals surface area contributed by atoms with Gasteiger partial charge in [-0.2, -0.15) is 0 Å². The Balaban J connectivity index is 2.42. The maximum atomic E-state index is 11.8. The van der Waals surface area contributed by atoms with Gasteiger partial charge in [-0.05, 0) is 11.8 Å². The van der Waals surface area contributed by atoms with E-state index in [9.17, 15) is 9.59 Å². The SMILES string of the molecule is CC(C)CNC(=O)[C@@H]1CC(=O)N(CC(C)C)C1. The fourth-order valence-corrected chi connectivity index (χ4v) is 2.01. The van der Waals surface area contributed by atoms with Gasteiger partial charge < -0.3 is 10.2 Å². The van der Waals surface area contributed by atoms with Crippen molar-refractivity contribution in [2.75, 3.05) is 19.6 Å². The molecule has 1 saturated heterocycles. The van der Waals surface area contributed by atoms with Crippen LogP contribution in [0.4, 0.5) is 0 Å². The van der Waals surface area contributed by atoms with Crippen LogP contribution in [-0.4, -0.2) is 36.3 Å². The Morgan fingerprint density at radius 1 is 1.35 bits per heavy atom. The molecule has 0 unspecified atom stereocenters. The lowest BCUT2D eigenvalue weighted by atomic mass is 10.1. The van der Waals surface area contributed by atoms with Crippen LogP contribution in [0.3, 0.4) is 0 Å². The van der Waals surface area contributed by atoms with E-state index in [1.807, 2.05) is 4.90 Å². The summed E-state index contributed by atoms with van der Waals surface area (Å²) in [5.41, 5.74) is 0. The second-order valence-electron chi connectivity index (χ2n) is 5.73. The van der Waals surface area contributed by atoms with Gasteiger partial charge in [-0.3, -0.25) is 9.59 Å². The first-order valence-electron chi connectivity index (χ1n) is 6.45. The maximum Gasteiger partial charge on any atom is 0.225 e. The Morgan fingerprint density at radius 3 is 2.53 bits per heavy atom. The fraction of sp³-hybridized carbons (Fsp3) is 0.846. The average Bonchev–Trinajstić information content (AvgIpc) is 2.56. The topological polar surface area (TPSA) is 49.4 Å². The highest BCUT2D eigenvalue weighted by Crippen LogP contribution is 2.19. The number of nitrogens with zero attached hydrogens (tertiary/aromatic N) is 1. The molecule has 4 nitrogen and oxygen atoms in total. The average molecular weight is 240 g/mol. The van der Waals surface area contributed by atoms with Crippen molar-refractivity contribution in [3.8, 4) is 0 Å². The van der Waals surface area contributed by atoms with Crippen LogP contribution in [0.25, 0.3) is 0 Å². The summed E-state index contributed by atoms with van der Waals surface area (Å²) in [7, 11) is 0. The molecule has 1 fully saturated rings. The summed E-state index contributed by atoms with van der Waals surface area (Å²) in [6.07, 6.45) is 0.372. The van der Waals surface area contributed by atoms with E-state index in [4.69, 9.17) is 0 Å². The van der Waals surface area contributed by atoms with E-state index in [1.54, 1.807) is 0 Å². The first kappa shape index (κ1) is 14.0. The minimum Gasteiger partial charge on any atom is -0.356 e. The minimum atomic E-state index is -0.153. The lowest BCUT2D eigenvalue weighted by molar-refractivity contribution is -0.129. The molecule has 1 N–H and O–H groups in total. The zero-order valence-corrected chi connectivity index (χ0v) is 11.3. The van der Waals surface area contributed by atoms with Crippen LogP contribution in [0.5, 0.6) is 0 Å². The third-order valence-electron chi connectivity index (χ3n) is 2.86. The lowest BCUT2D eigenvalue weighted by Gasteiger charge is -2.18. The summed E-state index contributed by atoms with van der Waals surface area (Å²) in [5, 5.41) is 2.90. The predicted molar refractivity (Wildman–Crippen MR) is 67.4 cm³/mol. The molecule has 0 aromatic carbocycles. The number of likely N-dealkylation sites (tertiary alicyclic amines) is 1. The predicted octanol–water partition coefficient (Wildman–Crippen LogP) is 1.26. The molecule has 1 aliphatic rings. The largest absolute Gasteiger partial charge is 0.356 e. The van der Waals surface area contributed by atoms with Crippen molar-refractivity contribution in [2.45, 2.75) is 34.1 Å². The Labute approximate surface area is 104 Å². The summed E-state index contributed by atoms with van der Waals surface area (Å²) in [6, 6.07) is 0. The van der Waals surface area contributed by atoms with Crippen LogP contribution in [0, 0.1) is 17.8 Å². The van der Waals surface area contributed by atoms with Crippen molar-refractivity contribution in [2.24, 2.45) is 17.8 Å². The number of carbonyl (C=O) groups is 2. The first-order valence-corrected chi connectivity index (χ1v) is 6.45. The third kappa shape index (κ3) is 4.36. The monoisotopic (exact) mass is 240 g/mol. The summed E-state index contributed by atoms with van der Waals surface area (Å²) in [6.45, 7) is 10.3. The molecule has 1 heterocycles. The van der Waals surface area contributed by atoms with E-state index < -0.39 is 0 Å². The van der Waals surface area contributed by atoms with Crippen LogP contribution < -0.4 is 5.32 Å². The summed E-state index contributed by atoms with van der Waals surface area (Å²) in [4.78, 5) is 25.4. The van der Waals surface area contributed by atoms with E-state index in [0.29, 0.717) is 31.3 Å². The Hall–Kier alpha value is -1.06. The molecule has 0 saturated carbocycles. The molecule has 0 radical (unpaired) electrons. The van der Waals surface area contributed by atoms with Gasteiger partial charge >= 0.3 is 0 Å². The van der Waals surface area contributed by atoms with Gasteiger partial charge in [-0.25, -0.2) is 0 Å². The van der Waals surface area contributed by atoms with Crippen molar-refractivity contribution in [3.05, 3.63) is 0 Å². The van der Waals surface area contributed by atoms with Crippen molar-refractivity contribution < 1.29 is 9.59 Å². The standard InChI is InChI=1S/C13H24N2O2/c1-9(2)6-14-13(17)11-5-12(16)15(8-11)7-10(3)4/h9-11H,5-8H2,1-4H3,(H,14,17)/t11-/m1/s1. The van der Waals surface area contributed by atoms with Crippen molar-refractivity contribution in [3.63, 3.8) is 0 Å². The van der Waals surface area contributed by atoms with Crippen LogP contribution in [0.15, 0.2) is 0 Å². The van der Waals surface area contributed by atoms with Crippen LogP contribution in [0.1, 0.15) is 34.1 Å². The molecule has 17 heavy (non-hydrogen) atoms. The zero-order valence-electron chi connectivity index (χ0n) is 11.3. The van der Waals surface area contributed by atoms with E-state index >= 15 is 0 Å². The van der Waals surface area contributed by atoms with E-state index in [0.717, 1.165) is 6.54 Å². The highest BCUT2D eigenvalue weighted by molar-refractivity contribution is 5.89. The van der Waals surface area contributed by atoms with Gasteiger partial charge in [0, 0.05) is 26.1 Å². The molecule has 98 valence electrons. The first-order chi connectivity index (χ1) is 7.90. The molecule has 0 aromatic heterocycles. The number of carbonyl (C=O) groups excluding carboxylic acids is 2. The van der Waals surface area contributed by atoms with Crippen molar-refractivity contribution in [1.82, 2.24) is 10.2 Å². The molecule has 1 aliphatic heterocycles. The van der Waals surface area contributed by atoms with Gasteiger partial charge in [0.05, 0.1) is 5.92 Å². The van der Waals surface area contributed by atoms with Gasteiger partial charge in [-0.1, -0.05) is 27.7 Å². The highest BCUT2D eigenvalue weighted by Gasteiger charge is 2.34. The van der Waals surface area contributed by atoms with Gasteiger partial charge in [0.1, 0.15) is 0 Å². The maximum absolute atomic E-state index is 11.8. The quantitative estimate of drug-likeness (QED) is 0.786. The zero-order chi connectivity index (χ0) is 13.0. The Kier molecular flexibility index (Phi) is 4.97. The molecular weight excluding hydrogens is 216 g/mol. The number of hydrogen-bond acceptors (Lipinski definition) is 2. The summed E-state index contributed by atoms with van der Waals surface area (Å²) in [5.74, 6) is 0.890. The normalized spacial score (nSPS) is 20.5. The minimum absolute atomic E-state index is 0.0262. The Bertz CT molecular complexity index is 287. The van der Waals surface area contributed by atoms with Crippen molar-refractivity contribution >= 4 is 11.8 Å². The second kappa shape index (κ2) is 6.03. The van der Waals surface area contributed by atoms with Gasteiger partial charge in [0.15, 0.2) is 0 Å². The number of amides is 2. The molecule has 0 bridgehead atoms. The number of hydrogen-bond donors (Lipinski definition) is 1. The molecule has 0 aliphatic carbocycles. The molecular formula is C13H24N2O2. The van der Waals surface area contributed by atoms with E-state index in [1.165, 1.54) is 0 Å². The smallest absolute Gasteiger partial charge is 0.225 e. The molecule has 0 aromatic rings. The number of nitrogens with one attached hydrogen (secondary N) is 1. The number of rotatable bonds is 5. The van der Waals surface area contributed by atoms with Crippen molar-refractivity contribution in [1.29, 1.82) is 0 Å². The Morgan fingerprint density at radius 2 is 2.00 bits per heavy atom. The lowest BCUT2D eigenvalue weighted by Crippen LogP contribution is -2.35.